The normalized spacial score (nSPS) is 19.6. The van der Waals surface area contributed by atoms with Crippen LogP contribution in [0.1, 0.15) is 12.0 Å². The fraction of sp³-hybridized carbons (Fsp3) is 0.417. The molecule has 1 atom stereocenters. The standard InChI is InChI=1S/C12H16N2O/c15-9-13-7-10-5-6-11-3-1-2-4-12(11)14-8-10/h1-4,9-10,14H,5-8H2,(H,13,15). The number of carbonyl (C=O) groups excluding carboxylic acids is 1. The average Bonchev–Trinajstić information content (AvgIpc) is 2.49. The SMILES string of the molecule is O=CNCC1CCc2ccccc2NC1. The van der Waals surface area contributed by atoms with Crippen molar-refractivity contribution in [3.05, 3.63) is 29.8 Å². The molecule has 1 aliphatic rings. The monoisotopic (exact) mass is 204 g/mol. The van der Waals surface area contributed by atoms with Crippen LogP contribution < -0.4 is 10.6 Å². The van der Waals surface area contributed by atoms with E-state index in [9.17, 15) is 4.79 Å². The number of hydrogen-bond donors (Lipinski definition) is 2. The van der Waals surface area contributed by atoms with Gasteiger partial charge in [0.05, 0.1) is 0 Å². The molecule has 0 aromatic heterocycles. The largest absolute Gasteiger partial charge is 0.384 e. The molecule has 0 aliphatic carbocycles. The number of benzene rings is 1. The number of aryl methyl sites for hydroxylation is 1. The maximum Gasteiger partial charge on any atom is 0.207 e. The molecule has 0 bridgehead atoms. The van der Waals surface area contributed by atoms with Crippen molar-refractivity contribution in [1.82, 2.24) is 5.32 Å². The third-order valence-corrected chi connectivity index (χ3v) is 2.91. The molecule has 1 aromatic rings. The lowest BCUT2D eigenvalue weighted by Gasteiger charge is -2.13. The molecule has 0 saturated carbocycles. The second-order valence-electron chi connectivity index (χ2n) is 3.97. The molecule has 0 radical (unpaired) electrons. The lowest BCUT2D eigenvalue weighted by Crippen LogP contribution is -2.26. The third-order valence-electron chi connectivity index (χ3n) is 2.91. The first-order chi connectivity index (χ1) is 7.40. The molecule has 1 aliphatic heterocycles. The van der Waals surface area contributed by atoms with Gasteiger partial charge in [0.15, 0.2) is 0 Å². The summed E-state index contributed by atoms with van der Waals surface area (Å²) >= 11 is 0. The second-order valence-corrected chi connectivity index (χ2v) is 3.97. The summed E-state index contributed by atoms with van der Waals surface area (Å²) in [5.74, 6) is 0.530. The summed E-state index contributed by atoms with van der Waals surface area (Å²) in [6, 6.07) is 8.41. The highest BCUT2D eigenvalue weighted by Crippen LogP contribution is 2.22. The van der Waals surface area contributed by atoms with E-state index in [0.29, 0.717) is 5.92 Å². The van der Waals surface area contributed by atoms with E-state index < -0.39 is 0 Å². The van der Waals surface area contributed by atoms with Gasteiger partial charge >= 0.3 is 0 Å². The molecule has 15 heavy (non-hydrogen) atoms. The Kier molecular flexibility index (Phi) is 3.22. The number of fused-ring (bicyclic) bond motifs is 1. The summed E-state index contributed by atoms with van der Waals surface area (Å²) in [5, 5.41) is 6.18. The van der Waals surface area contributed by atoms with E-state index in [1.165, 1.54) is 11.3 Å². The Bertz CT molecular complexity index is 311. The predicted molar refractivity (Wildman–Crippen MR) is 60.8 cm³/mol. The maximum atomic E-state index is 10.2. The van der Waals surface area contributed by atoms with Gasteiger partial charge in [0.2, 0.25) is 6.41 Å². The van der Waals surface area contributed by atoms with E-state index in [1.54, 1.807) is 0 Å². The van der Waals surface area contributed by atoms with Crippen LogP contribution in [0.15, 0.2) is 24.3 Å². The van der Waals surface area contributed by atoms with Crippen LogP contribution in [0.4, 0.5) is 5.69 Å². The van der Waals surface area contributed by atoms with Crippen molar-refractivity contribution in [1.29, 1.82) is 0 Å². The summed E-state index contributed by atoms with van der Waals surface area (Å²) in [6.07, 6.45) is 3.00. The highest BCUT2D eigenvalue weighted by atomic mass is 16.1. The summed E-state index contributed by atoms with van der Waals surface area (Å²) < 4.78 is 0. The number of rotatable bonds is 3. The molecule has 1 amide bonds. The number of anilines is 1. The van der Waals surface area contributed by atoms with Crippen molar-refractivity contribution in [2.24, 2.45) is 5.92 Å². The number of hydrogen-bond acceptors (Lipinski definition) is 2. The number of para-hydroxylation sites is 1. The topological polar surface area (TPSA) is 41.1 Å². The molecule has 0 fully saturated rings. The molecule has 1 unspecified atom stereocenters. The van der Waals surface area contributed by atoms with E-state index in [2.05, 4.69) is 34.9 Å². The summed E-state index contributed by atoms with van der Waals surface area (Å²) in [7, 11) is 0. The molecule has 3 nitrogen and oxygen atoms in total. The Hall–Kier alpha value is -1.51. The van der Waals surface area contributed by atoms with Crippen LogP contribution in [-0.4, -0.2) is 19.5 Å². The predicted octanol–water partition coefficient (Wildman–Crippen LogP) is 1.41. The zero-order valence-corrected chi connectivity index (χ0v) is 8.70. The molecule has 3 heteroatoms. The first kappa shape index (κ1) is 10.0. The van der Waals surface area contributed by atoms with Crippen molar-refractivity contribution < 1.29 is 4.79 Å². The first-order valence-electron chi connectivity index (χ1n) is 5.39. The quantitative estimate of drug-likeness (QED) is 0.731. The van der Waals surface area contributed by atoms with Crippen LogP contribution in [0.5, 0.6) is 0 Å². The summed E-state index contributed by atoms with van der Waals surface area (Å²) in [4.78, 5) is 10.2. The van der Waals surface area contributed by atoms with E-state index in [-0.39, 0.29) is 0 Å². The van der Waals surface area contributed by atoms with E-state index in [0.717, 1.165) is 32.3 Å². The van der Waals surface area contributed by atoms with E-state index in [1.807, 2.05) is 0 Å². The molecular weight excluding hydrogens is 188 g/mol. The Morgan fingerprint density at radius 3 is 3.20 bits per heavy atom. The smallest absolute Gasteiger partial charge is 0.207 e. The van der Waals surface area contributed by atoms with Gasteiger partial charge < -0.3 is 10.6 Å². The van der Waals surface area contributed by atoms with Gasteiger partial charge in [-0.2, -0.15) is 0 Å². The second kappa shape index (κ2) is 4.82. The Balaban J connectivity index is 1.99. The molecule has 2 rings (SSSR count). The number of nitrogens with one attached hydrogen (secondary N) is 2. The molecule has 1 aromatic carbocycles. The van der Waals surface area contributed by atoms with Crippen molar-refractivity contribution in [3.8, 4) is 0 Å². The van der Waals surface area contributed by atoms with Crippen molar-refractivity contribution in [2.75, 3.05) is 18.4 Å². The zero-order valence-electron chi connectivity index (χ0n) is 8.70. The molecule has 80 valence electrons. The van der Waals surface area contributed by atoms with Crippen molar-refractivity contribution in [3.63, 3.8) is 0 Å². The molecule has 1 heterocycles. The fourth-order valence-electron chi connectivity index (χ4n) is 2.02. The van der Waals surface area contributed by atoms with Gasteiger partial charge in [0.1, 0.15) is 0 Å². The van der Waals surface area contributed by atoms with Crippen molar-refractivity contribution >= 4 is 12.1 Å². The van der Waals surface area contributed by atoms with Crippen LogP contribution in [0.3, 0.4) is 0 Å². The van der Waals surface area contributed by atoms with Gasteiger partial charge in [0, 0.05) is 18.8 Å². The van der Waals surface area contributed by atoms with Crippen LogP contribution in [-0.2, 0) is 11.2 Å². The highest BCUT2D eigenvalue weighted by molar-refractivity contribution is 5.52. The summed E-state index contributed by atoms with van der Waals surface area (Å²) in [5.41, 5.74) is 2.62. The number of amides is 1. The minimum absolute atomic E-state index is 0.530. The highest BCUT2D eigenvalue weighted by Gasteiger charge is 2.14. The van der Waals surface area contributed by atoms with E-state index in [4.69, 9.17) is 0 Å². The van der Waals surface area contributed by atoms with Crippen LogP contribution in [0, 0.1) is 5.92 Å². The Morgan fingerprint density at radius 2 is 2.33 bits per heavy atom. The van der Waals surface area contributed by atoms with Crippen molar-refractivity contribution in [2.45, 2.75) is 12.8 Å². The zero-order chi connectivity index (χ0) is 10.5. The van der Waals surface area contributed by atoms with Gasteiger partial charge in [-0.05, 0) is 30.4 Å². The fourth-order valence-corrected chi connectivity index (χ4v) is 2.02. The first-order valence-corrected chi connectivity index (χ1v) is 5.39. The Labute approximate surface area is 89.9 Å². The van der Waals surface area contributed by atoms with Crippen LogP contribution >= 0.6 is 0 Å². The van der Waals surface area contributed by atoms with Crippen LogP contribution in [0.2, 0.25) is 0 Å². The molecular formula is C12H16N2O. The lowest BCUT2D eigenvalue weighted by molar-refractivity contribution is -0.109. The summed E-state index contributed by atoms with van der Waals surface area (Å²) in [6.45, 7) is 1.71. The van der Waals surface area contributed by atoms with Gasteiger partial charge in [-0.3, -0.25) is 4.79 Å². The Morgan fingerprint density at radius 1 is 1.47 bits per heavy atom. The van der Waals surface area contributed by atoms with Gasteiger partial charge in [-0.25, -0.2) is 0 Å². The lowest BCUT2D eigenvalue weighted by atomic mass is 10.0. The van der Waals surface area contributed by atoms with E-state index >= 15 is 0 Å². The minimum atomic E-state index is 0.530. The molecule has 0 spiro atoms. The minimum Gasteiger partial charge on any atom is -0.384 e. The molecule has 2 N–H and O–H groups in total. The van der Waals surface area contributed by atoms with Gasteiger partial charge in [0.25, 0.3) is 0 Å². The number of carbonyl (C=O) groups is 1. The maximum absolute atomic E-state index is 10.2. The van der Waals surface area contributed by atoms with Gasteiger partial charge in [-0.1, -0.05) is 18.2 Å². The molecule has 0 saturated heterocycles. The van der Waals surface area contributed by atoms with Gasteiger partial charge in [-0.15, -0.1) is 0 Å². The third kappa shape index (κ3) is 2.49. The van der Waals surface area contributed by atoms with Crippen LogP contribution in [0.25, 0.3) is 0 Å². The average molecular weight is 204 g/mol.